The molecule has 0 aromatic heterocycles. The Hall–Kier alpha value is -3.83. The summed E-state index contributed by atoms with van der Waals surface area (Å²) in [5.41, 5.74) is 1.69. The number of nitrogens with one attached hydrogen (secondary N) is 1. The Morgan fingerprint density at radius 1 is 1.19 bits per heavy atom. The summed E-state index contributed by atoms with van der Waals surface area (Å²) in [5.74, 6) is -0.471. The normalized spacial score (nSPS) is 11.5. The Morgan fingerprint density at radius 3 is 2.65 bits per heavy atom. The summed E-state index contributed by atoms with van der Waals surface area (Å²) >= 11 is 0. The van der Waals surface area contributed by atoms with E-state index in [4.69, 9.17) is 24.9 Å². The predicted molar refractivity (Wildman–Crippen MR) is 114 cm³/mol. The third kappa shape index (κ3) is 8.60. The van der Waals surface area contributed by atoms with Gasteiger partial charge in [-0.05, 0) is 61.2 Å². The molecule has 8 heteroatoms. The van der Waals surface area contributed by atoms with Crippen molar-refractivity contribution in [1.29, 1.82) is 5.26 Å². The Kier molecular flexibility index (Phi) is 9.59. The third-order valence-electron chi connectivity index (χ3n) is 4.20. The number of nitrogens with zero attached hydrogens (tertiary/aromatic N) is 1. The number of ether oxygens (including phenoxy) is 2. The van der Waals surface area contributed by atoms with Crippen LogP contribution in [0, 0.1) is 11.3 Å². The quantitative estimate of drug-likeness (QED) is 0.367. The molecular formula is C23H24N2O6. The van der Waals surface area contributed by atoms with Gasteiger partial charge >= 0.3 is 12.1 Å². The van der Waals surface area contributed by atoms with E-state index in [0.717, 1.165) is 6.08 Å². The molecule has 0 bridgehead atoms. The number of carboxylic acids is 1. The molecule has 0 saturated carbocycles. The number of carboxylic acid groups (broad SMARTS) is 1. The summed E-state index contributed by atoms with van der Waals surface area (Å²) in [4.78, 5) is 23.0. The summed E-state index contributed by atoms with van der Waals surface area (Å²) < 4.78 is 11.1. The molecule has 2 aromatic rings. The molecular weight excluding hydrogens is 400 g/mol. The fourth-order valence-corrected chi connectivity index (χ4v) is 2.77. The van der Waals surface area contributed by atoms with Crippen molar-refractivity contribution in [3.05, 3.63) is 71.8 Å². The first-order chi connectivity index (χ1) is 15.0. The van der Waals surface area contributed by atoms with E-state index in [1.54, 1.807) is 54.6 Å². The maximum absolute atomic E-state index is 12.4. The Bertz CT molecular complexity index is 934. The van der Waals surface area contributed by atoms with E-state index in [1.165, 1.54) is 0 Å². The highest BCUT2D eigenvalue weighted by Gasteiger charge is 2.17. The topological polar surface area (TPSA) is 129 Å². The molecule has 1 amide bonds. The number of nitriles is 1. The van der Waals surface area contributed by atoms with Crippen molar-refractivity contribution in [1.82, 2.24) is 0 Å². The molecule has 0 fully saturated rings. The van der Waals surface area contributed by atoms with E-state index in [1.807, 2.05) is 6.07 Å². The van der Waals surface area contributed by atoms with Crippen LogP contribution < -0.4 is 10.1 Å². The SMILES string of the molecule is N#Cc1ccc(NC(=O)O[C@H](CCC/C=C/C(=O)O)c2cccc(OCCO)c2)cc1. The minimum absolute atomic E-state index is 0.118. The van der Waals surface area contributed by atoms with Crippen molar-refractivity contribution in [3.8, 4) is 11.8 Å². The number of carbonyl (C=O) groups is 2. The minimum Gasteiger partial charge on any atom is -0.491 e. The molecule has 0 radical (unpaired) electrons. The summed E-state index contributed by atoms with van der Waals surface area (Å²) in [5, 5.41) is 29.1. The second-order valence-electron chi connectivity index (χ2n) is 6.52. The standard InChI is InChI=1S/C23H24N2O6/c24-16-17-9-11-19(12-10-17)25-23(29)31-21(7-2-1-3-8-22(27)28)18-5-4-6-20(15-18)30-14-13-26/h3-6,8-12,15,21,26H,1-2,7,13-14H2,(H,25,29)(H,27,28)/b8-3+/t21-/m1/s1. The number of allylic oxidation sites excluding steroid dienone is 1. The van der Waals surface area contributed by atoms with Gasteiger partial charge in [0.05, 0.1) is 18.2 Å². The average molecular weight is 424 g/mol. The van der Waals surface area contributed by atoms with E-state index in [2.05, 4.69) is 5.32 Å². The van der Waals surface area contributed by atoms with E-state index < -0.39 is 18.2 Å². The summed E-state index contributed by atoms with van der Waals surface area (Å²) in [7, 11) is 0. The molecule has 0 aliphatic rings. The second-order valence-corrected chi connectivity index (χ2v) is 6.52. The van der Waals surface area contributed by atoms with E-state index in [-0.39, 0.29) is 13.2 Å². The molecule has 3 N–H and O–H groups in total. The number of hydrogen-bond donors (Lipinski definition) is 3. The van der Waals surface area contributed by atoms with Crippen LogP contribution in [0.4, 0.5) is 10.5 Å². The largest absolute Gasteiger partial charge is 0.491 e. The number of amides is 1. The lowest BCUT2D eigenvalue weighted by Crippen LogP contribution is -2.18. The maximum Gasteiger partial charge on any atom is 0.412 e. The molecule has 2 aromatic carbocycles. The van der Waals surface area contributed by atoms with Crippen molar-refractivity contribution < 1.29 is 29.3 Å². The van der Waals surface area contributed by atoms with Gasteiger partial charge in [-0.1, -0.05) is 18.2 Å². The molecule has 0 aliphatic heterocycles. The molecule has 31 heavy (non-hydrogen) atoms. The van der Waals surface area contributed by atoms with Gasteiger partial charge in [-0.25, -0.2) is 9.59 Å². The van der Waals surface area contributed by atoms with Crippen LogP contribution in [0.2, 0.25) is 0 Å². The van der Waals surface area contributed by atoms with Crippen LogP contribution in [-0.4, -0.2) is 35.5 Å². The number of aliphatic hydroxyl groups is 1. The molecule has 2 rings (SSSR count). The van der Waals surface area contributed by atoms with Crippen LogP contribution in [0.3, 0.4) is 0 Å². The third-order valence-corrected chi connectivity index (χ3v) is 4.20. The van der Waals surface area contributed by atoms with Crippen LogP contribution >= 0.6 is 0 Å². The smallest absolute Gasteiger partial charge is 0.412 e. The number of rotatable bonds is 11. The van der Waals surface area contributed by atoms with Crippen LogP contribution in [0.5, 0.6) is 5.75 Å². The van der Waals surface area contributed by atoms with Crippen LogP contribution in [0.15, 0.2) is 60.7 Å². The zero-order valence-electron chi connectivity index (χ0n) is 16.9. The Balaban J connectivity index is 2.07. The molecule has 162 valence electrons. The van der Waals surface area contributed by atoms with Gasteiger partial charge in [-0.3, -0.25) is 5.32 Å². The summed E-state index contributed by atoms with van der Waals surface area (Å²) in [6.07, 6.45) is 2.97. The van der Waals surface area contributed by atoms with Gasteiger partial charge < -0.3 is 19.7 Å². The Labute approximate surface area is 180 Å². The summed E-state index contributed by atoms with van der Waals surface area (Å²) in [6.45, 7) is 0.0290. The fraction of sp³-hybridized carbons (Fsp3) is 0.261. The van der Waals surface area contributed by atoms with Crippen molar-refractivity contribution in [2.45, 2.75) is 25.4 Å². The number of aliphatic carboxylic acids is 1. The van der Waals surface area contributed by atoms with Crippen LogP contribution in [0.25, 0.3) is 0 Å². The molecule has 0 unspecified atom stereocenters. The van der Waals surface area contributed by atoms with E-state index in [0.29, 0.717) is 41.8 Å². The van der Waals surface area contributed by atoms with Gasteiger partial charge in [0.2, 0.25) is 0 Å². The number of carbonyl (C=O) groups excluding carboxylic acids is 1. The number of anilines is 1. The van der Waals surface area contributed by atoms with Gasteiger partial charge in [0.25, 0.3) is 0 Å². The zero-order valence-corrected chi connectivity index (χ0v) is 16.9. The highest BCUT2D eigenvalue weighted by molar-refractivity contribution is 5.84. The Morgan fingerprint density at radius 2 is 1.97 bits per heavy atom. The highest BCUT2D eigenvalue weighted by Crippen LogP contribution is 2.27. The average Bonchev–Trinajstić information content (AvgIpc) is 2.77. The van der Waals surface area contributed by atoms with Gasteiger partial charge in [-0.15, -0.1) is 0 Å². The lowest BCUT2D eigenvalue weighted by Gasteiger charge is -2.19. The number of hydrogen-bond acceptors (Lipinski definition) is 6. The van der Waals surface area contributed by atoms with E-state index >= 15 is 0 Å². The summed E-state index contributed by atoms with van der Waals surface area (Å²) in [6, 6.07) is 15.4. The molecule has 0 spiro atoms. The number of aliphatic hydroxyl groups excluding tert-OH is 1. The first-order valence-corrected chi connectivity index (χ1v) is 9.72. The van der Waals surface area contributed by atoms with Crippen molar-refractivity contribution >= 4 is 17.7 Å². The van der Waals surface area contributed by atoms with Gasteiger partial charge in [0.15, 0.2) is 0 Å². The number of unbranched alkanes of at least 4 members (excludes halogenated alkanes) is 1. The number of benzene rings is 2. The fourth-order valence-electron chi connectivity index (χ4n) is 2.77. The zero-order chi connectivity index (χ0) is 22.5. The van der Waals surface area contributed by atoms with Crippen LogP contribution in [-0.2, 0) is 9.53 Å². The van der Waals surface area contributed by atoms with Crippen LogP contribution in [0.1, 0.15) is 36.5 Å². The second kappa shape index (κ2) is 12.7. The van der Waals surface area contributed by atoms with Gasteiger partial charge in [-0.2, -0.15) is 5.26 Å². The van der Waals surface area contributed by atoms with Crippen molar-refractivity contribution in [3.63, 3.8) is 0 Å². The maximum atomic E-state index is 12.4. The van der Waals surface area contributed by atoms with Crippen molar-refractivity contribution in [2.75, 3.05) is 18.5 Å². The monoisotopic (exact) mass is 424 g/mol. The lowest BCUT2D eigenvalue weighted by molar-refractivity contribution is -0.131. The molecule has 0 saturated heterocycles. The van der Waals surface area contributed by atoms with Gasteiger partial charge in [0, 0.05) is 11.8 Å². The lowest BCUT2D eigenvalue weighted by atomic mass is 10.0. The van der Waals surface area contributed by atoms with Crippen molar-refractivity contribution in [2.24, 2.45) is 0 Å². The van der Waals surface area contributed by atoms with E-state index in [9.17, 15) is 9.59 Å². The molecule has 1 atom stereocenters. The first-order valence-electron chi connectivity index (χ1n) is 9.72. The predicted octanol–water partition coefficient (Wildman–Crippen LogP) is 4.03. The molecule has 0 aliphatic carbocycles. The highest BCUT2D eigenvalue weighted by atomic mass is 16.6. The molecule has 8 nitrogen and oxygen atoms in total. The molecule has 0 heterocycles. The minimum atomic E-state index is -1.01. The van der Waals surface area contributed by atoms with Gasteiger partial charge in [0.1, 0.15) is 18.5 Å². The first kappa shape index (κ1) is 23.4.